The summed E-state index contributed by atoms with van der Waals surface area (Å²) in [5.74, 6) is 0.277. The average Bonchev–Trinajstić information content (AvgIpc) is 3.00. The van der Waals surface area contributed by atoms with E-state index in [1.165, 1.54) is 6.33 Å². The van der Waals surface area contributed by atoms with E-state index in [-0.39, 0.29) is 17.4 Å². The molecular weight excluding hydrogens is 294 g/mol. The molecule has 0 saturated carbocycles. The Hall–Kier alpha value is -1.81. The average molecular weight is 309 g/mol. The van der Waals surface area contributed by atoms with E-state index >= 15 is 0 Å². The molecule has 1 saturated heterocycles. The zero-order valence-corrected chi connectivity index (χ0v) is 11.8. The van der Waals surface area contributed by atoms with Crippen LogP contribution >= 0.6 is 12.2 Å². The van der Waals surface area contributed by atoms with Crippen molar-refractivity contribution in [2.24, 2.45) is 5.73 Å². The molecule has 2 aromatic heterocycles. The molecule has 2 aromatic rings. The molecule has 0 spiro atoms. The summed E-state index contributed by atoms with van der Waals surface area (Å²) >= 11 is 5.03. The molecule has 112 valence electrons. The highest BCUT2D eigenvalue weighted by Crippen LogP contribution is 2.33. The fourth-order valence-corrected chi connectivity index (χ4v) is 2.72. The monoisotopic (exact) mass is 309 g/mol. The van der Waals surface area contributed by atoms with Gasteiger partial charge in [-0.2, -0.15) is 0 Å². The molecule has 0 radical (unpaired) electrons. The molecule has 6 N–H and O–H groups in total. The van der Waals surface area contributed by atoms with E-state index in [0.29, 0.717) is 23.0 Å². The van der Waals surface area contributed by atoms with Gasteiger partial charge in [0.25, 0.3) is 0 Å². The van der Waals surface area contributed by atoms with Gasteiger partial charge in [0.05, 0.1) is 18.1 Å². The summed E-state index contributed by atoms with van der Waals surface area (Å²) in [6.07, 6.45) is 1.51. The number of nitrogen functional groups attached to an aromatic ring is 1. The van der Waals surface area contributed by atoms with E-state index < -0.39 is 18.4 Å². The topological polar surface area (TPSA) is 132 Å². The maximum Gasteiger partial charge on any atom is 0.148 e. The van der Waals surface area contributed by atoms with Gasteiger partial charge in [-0.3, -0.25) is 0 Å². The van der Waals surface area contributed by atoms with Crippen molar-refractivity contribution < 1.29 is 14.9 Å². The molecule has 8 nitrogen and oxygen atoms in total. The van der Waals surface area contributed by atoms with Crippen molar-refractivity contribution in [3.8, 4) is 0 Å². The number of nitrogens with zero attached hydrogens (tertiary/aromatic N) is 3. The molecule has 9 heteroatoms. The Morgan fingerprint density at radius 3 is 2.90 bits per heavy atom. The molecule has 0 bridgehead atoms. The van der Waals surface area contributed by atoms with Crippen LogP contribution in [0.4, 0.5) is 5.82 Å². The molecule has 1 aliphatic heterocycles. The number of hydrogen-bond acceptors (Lipinski definition) is 7. The van der Waals surface area contributed by atoms with Crippen molar-refractivity contribution in [3.63, 3.8) is 0 Å². The standard InChI is InChI=1S/C12H15N5O3S/c13-10-9-5(11(14)21)2-17(12(9)16-4-15-10)8-1-6(19)7(3-18)20-8/h2,4,6-8,18-19H,1,3H2,(H2,14,21)(H2,13,15,16). The first kappa shape index (κ1) is 14.1. The third-order valence-corrected chi connectivity index (χ3v) is 3.82. The maximum absolute atomic E-state index is 9.86. The Balaban J connectivity index is 2.12. The van der Waals surface area contributed by atoms with Crippen molar-refractivity contribution in [1.29, 1.82) is 0 Å². The Morgan fingerprint density at radius 2 is 2.29 bits per heavy atom. The van der Waals surface area contributed by atoms with Crippen molar-refractivity contribution in [3.05, 3.63) is 18.1 Å². The van der Waals surface area contributed by atoms with E-state index in [4.69, 9.17) is 28.4 Å². The molecule has 1 fully saturated rings. The molecule has 3 rings (SSSR count). The van der Waals surface area contributed by atoms with E-state index in [1.54, 1.807) is 10.8 Å². The first-order chi connectivity index (χ1) is 10.0. The minimum atomic E-state index is -0.745. The van der Waals surface area contributed by atoms with Gasteiger partial charge in [-0.05, 0) is 0 Å². The van der Waals surface area contributed by atoms with Crippen LogP contribution in [0.2, 0.25) is 0 Å². The van der Waals surface area contributed by atoms with Crippen molar-refractivity contribution >= 4 is 34.1 Å². The second-order valence-electron chi connectivity index (χ2n) is 4.89. The van der Waals surface area contributed by atoms with Gasteiger partial charge in [-0.15, -0.1) is 0 Å². The van der Waals surface area contributed by atoms with Crippen LogP contribution in [-0.2, 0) is 4.74 Å². The third kappa shape index (κ3) is 2.23. The zero-order chi connectivity index (χ0) is 15.1. The number of ether oxygens (including phenoxy) is 1. The summed E-state index contributed by atoms with van der Waals surface area (Å²) in [5.41, 5.74) is 12.7. The number of aliphatic hydroxyl groups is 2. The second kappa shape index (κ2) is 5.19. The first-order valence-corrected chi connectivity index (χ1v) is 6.79. The molecular formula is C12H15N5O3S. The van der Waals surface area contributed by atoms with Gasteiger partial charge in [0.1, 0.15) is 35.1 Å². The molecule has 3 atom stereocenters. The van der Waals surface area contributed by atoms with Crippen LogP contribution < -0.4 is 11.5 Å². The van der Waals surface area contributed by atoms with Crippen molar-refractivity contribution in [2.45, 2.75) is 24.9 Å². The maximum atomic E-state index is 9.86. The molecule has 0 amide bonds. The molecule has 0 aromatic carbocycles. The zero-order valence-electron chi connectivity index (χ0n) is 11.0. The summed E-state index contributed by atoms with van der Waals surface area (Å²) < 4.78 is 7.34. The van der Waals surface area contributed by atoms with E-state index in [9.17, 15) is 10.2 Å². The van der Waals surface area contributed by atoms with Crippen molar-refractivity contribution in [2.75, 3.05) is 12.3 Å². The fraction of sp³-hybridized carbons (Fsp3) is 0.417. The van der Waals surface area contributed by atoms with Gasteiger partial charge in [0.15, 0.2) is 0 Å². The lowest BCUT2D eigenvalue weighted by Gasteiger charge is -2.14. The van der Waals surface area contributed by atoms with Gasteiger partial charge in [-0.1, -0.05) is 12.2 Å². The van der Waals surface area contributed by atoms with Crippen LogP contribution in [0.15, 0.2) is 12.5 Å². The molecule has 3 unspecified atom stereocenters. The Bertz CT molecular complexity index is 704. The van der Waals surface area contributed by atoms with Crippen LogP contribution in [0.25, 0.3) is 11.0 Å². The van der Waals surface area contributed by atoms with Crippen LogP contribution in [-0.4, -0.2) is 48.6 Å². The van der Waals surface area contributed by atoms with Crippen LogP contribution in [0.3, 0.4) is 0 Å². The van der Waals surface area contributed by atoms with Gasteiger partial charge in [-0.25, -0.2) is 9.97 Å². The first-order valence-electron chi connectivity index (χ1n) is 6.38. The predicted molar refractivity (Wildman–Crippen MR) is 79.4 cm³/mol. The number of hydrogen-bond donors (Lipinski definition) is 4. The summed E-state index contributed by atoms with van der Waals surface area (Å²) in [4.78, 5) is 8.32. The van der Waals surface area contributed by atoms with Crippen LogP contribution in [0, 0.1) is 0 Å². The van der Waals surface area contributed by atoms with E-state index in [0.717, 1.165) is 0 Å². The summed E-state index contributed by atoms with van der Waals surface area (Å²) in [7, 11) is 0. The van der Waals surface area contributed by atoms with Gasteiger partial charge < -0.3 is 31.0 Å². The molecule has 3 heterocycles. The number of nitrogens with two attached hydrogens (primary N) is 2. The number of anilines is 1. The summed E-state index contributed by atoms with van der Waals surface area (Å²) in [6, 6.07) is 0. The smallest absolute Gasteiger partial charge is 0.148 e. The number of thiocarbonyl (C=S) groups is 1. The van der Waals surface area contributed by atoms with Gasteiger partial charge in [0, 0.05) is 18.2 Å². The Morgan fingerprint density at radius 1 is 1.52 bits per heavy atom. The quantitative estimate of drug-likeness (QED) is 0.547. The van der Waals surface area contributed by atoms with Crippen LogP contribution in [0.1, 0.15) is 18.2 Å². The minimum absolute atomic E-state index is 0.178. The Labute approximate surface area is 125 Å². The lowest BCUT2D eigenvalue weighted by molar-refractivity contribution is -0.0430. The largest absolute Gasteiger partial charge is 0.394 e. The SMILES string of the molecule is NC(=S)c1cn(C2CC(O)C(CO)O2)c2ncnc(N)c12. The predicted octanol–water partition coefficient (Wildman–Crippen LogP) is -0.712. The summed E-state index contributed by atoms with van der Waals surface area (Å²) in [5, 5.41) is 19.6. The van der Waals surface area contributed by atoms with Gasteiger partial charge in [0.2, 0.25) is 0 Å². The van der Waals surface area contributed by atoms with Gasteiger partial charge >= 0.3 is 0 Å². The highest BCUT2D eigenvalue weighted by molar-refractivity contribution is 7.80. The van der Waals surface area contributed by atoms with Crippen molar-refractivity contribution in [1.82, 2.24) is 14.5 Å². The Kier molecular flexibility index (Phi) is 3.49. The normalized spacial score (nSPS) is 25.5. The van der Waals surface area contributed by atoms with E-state index in [1.807, 2.05) is 0 Å². The third-order valence-electron chi connectivity index (χ3n) is 3.60. The molecule has 1 aliphatic rings. The number of aromatic nitrogens is 3. The van der Waals surface area contributed by atoms with E-state index in [2.05, 4.69) is 9.97 Å². The number of aliphatic hydroxyl groups excluding tert-OH is 2. The minimum Gasteiger partial charge on any atom is -0.394 e. The lowest BCUT2D eigenvalue weighted by atomic mass is 10.2. The molecule has 0 aliphatic carbocycles. The fourth-order valence-electron chi connectivity index (χ4n) is 2.56. The lowest BCUT2D eigenvalue weighted by Crippen LogP contribution is -2.24. The molecule has 21 heavy (non-hydrogen) atoms. The number of rotatable bonds is 3. The number of fused-ring (bicyclic) bond motifs is 1. The summed E-state index contributed by atoms with van der Waals surface area (Å²) in [6.45, 7) is -0.254. The highest BCUT2D eigenvalue weighted by Gasteiger charge is 2.35. The van der Waals surface area contributed by atoms with Crippen LogP contribution in [0.5, 0.6) is 0 Å². The highest BCUT2D eigenvalue weighted by atomic mass is 32.1. The second-order valence-corrected chi connectivity index (χ2v) is 5.33.